The van der Waals surface area contributed by atoms with Crippen molar-refractivity contribution in [2.24, 2.45) is 4.99 Å². The molecule has 13 heteroatoms. The van der Waals surface area contributed by atoms with Crippen LogP contribution in [0.4, 0.5) is 5.69 Å². The molecule has 1 atom stereocenters. The van der Waals surface area contributed by atoms with Crippen LogP contribution >= 0.6 is 22.9 Å². The van der Waals surface area contributed by atoms with E-state index in [4.69, 9.17) is 35.5 Å². The number of nitro benzene ring substituents is 1. The van der Waals surface area contributed by atoms with E-state index in [2.05, 4.69) is 0 Å². The van der Waals surface area contributed by atoms with E-state index in [0.717, 1.165) is 5.56 Å². The Morgan fingerprint density at radius 3 is 2.43 bits per heavy atom. The van der Waals surface area contributed by atoms with E-state index in [0.29, 0.717) is 61.3 Å². The van der Waals surface area contributed by atoms with Crippen molar-refractivity contribution in [1.82, 2.24) is 4.57 Å². The van der Waals surface area contributed by atoms with E-state index in [9.17, 15) is 19.7 Å². The number of nitro groups is 1. The molecule has 1 aliphatic heterocycles. The number of ether oxygens (including phenoxy) is 4. The number of aromatic nitrogens is 1. The van der Waals surface area contributed by atoms with Crippen LogP contribution in [0.15, 0.2) is 81.7 Å². The Hall–Kier alpha value is -4.94. The van der Waals surface area contributed by atoms with Gasteiger partial charge in [0, 0.05) is 22.7 Å². The lowest BCUT2D eigenvalue weighted by Crippen LogP contribution is -2.40. The third kappa shape index (κ3) is 7.08. The quantitative estimate of drug-likeness (QED) is 0.105. The molecule has 0 saturated carbocycles. The highest BCUT2D eigenvalue weighted by atomic mass is 35.5. The standard InChI is InChI=1S/C34H32ClN3O8S/c1-5-7-25-30(33(40)45-6-2)31(24-18-22(35)11-15-26(24)43-3)37-32(39)29(47-34(37)36-25)17-21-10-14-27(28(16-21)44-4)46-19-20-8-12-23(13-9-20)38(41)42/h8-18,31H,5-7,19H2,1-4H3/b29-17+/t31-/m0/s1. The first-order valence-corrected chi connectivity index (χ1v) is 16.0. The highest BCUT2D eigenvalue weighted by Crippen LogP contribution is 2.38. The number of thiazole rings is 1. The van der Waals surface area contributed by atoms with E-state index in [-0.39, 0.29) is 30.0 Å². The van der Waals surface area contributed by atoms with Crippen molar-refractivity contribution in [3.63, 3.8) is 0 Å². The minimum absolute atomic E-state index is 0.00214. The molecular weight excluding hydrogens is 646 g/mol. The number of benzene rings is 3. The molecular formula is C34H32ClN3O8S. The van der Waals surface area contributed by atoms with E-state index < -0.39 is 16.9 Å². The van der Waals surface area contributed by atoms with Crippen LogP contribution in [0.3, 0.4) is 0 Å². The summed E-state index contributed by atoms with van der Waals surface area (Å²) in [6.07, 6.45) is 2.94. The van der Waals surface area contributed by atoms with Gasteiger partial charge in [0.15, 0.2) is 16.3 Å². The minimum Gasteiger partial charge on any atom is -0.496 e. The van der Waals surface area contributed by atoms with Crippen molar-refractivity contribution in [3.05, 3.63) is 123 Å². The average Bonchev–Trinajstić information content (AvgIpc) is 3.37. The lowest BCUT2D eigenvalue weighted by Gasteiger charge is -2.27. The van der Waals surface area contributed by atoms with Crippen molar-refractivity contribution in [2.75, 3.05) is 20.8 Å². The van der Waals surface area contributed by atoms with Crippen molar-refractivity contribution in [1.29, 1.82) is 0 Å². The summed E-state index contributed by atoms with van der Waals surface area (Å²) in [5, 5.41) is 11.4. The number of fused-ring (bicyclic) bond motifs is 1. The Balaban J connectivity index is 1.58. The molecule has 0 spiro atoms. The van der Waals surface area contributed by atoms with Gasteiger partial charge in [-0.1, -0.05) is 42.3 Å². The normalized spacial score (nSPS) is 14.3. The van der Waals surface area contributed by atoms with Crippen LogP contribution < -0.4 is 29.1 Å². The second kappa shape index (κ2) is 14.7. The number of nitrogens with zero attached hydrogens (tertiary/aromatic N) is 3. The molecule has 0 amide bonds. The summed E-state index contributed by atoms with van der Waals surface area (Å²) in [5.41, 5.74) is 2.42. The van der Waals surface area contributed by atoms with Crippen molar-refractivity contribution in [2.45, 2.75) is 39.3 Å². The fraction of sp³-hybridized carbons (Fsp3) is 0.265. The summed E-state index contributed by atoms with van der Waals surface area (Å²) in [6, 6.07) is 15.5. The fourth-order valence-corrected chi connectivity index (χ4v) is 6.45. The van der Waals surface area contributed by atoms with Gasteiger partial charge >= 0.3 is 5.97 Å². The van der Waals surface area contributed by atoms with Crippen LogP contribution in [0, 0.1) is 10.1 Å². The third-order valence-electron chi connectivity index (χ3n) is 7.41. The van der Waals surface area contributed by atoms with Crippen LogP contribution in [0.1, 0.15) is 49.4 Å². The Bertz CT molecular complexity index is 2040. The first-order valence-electron chi connectivity index (χ1n) is 14.8. The fourth-order valence-electron chi connectivity index (χ4n) is 5.25. The highest BCUT2D eigenvalue weighted by molar-refractivity contribution is 7.07. The monoisotopic (exact) mass is 677 g/mol. The van der Waals surface area contributed by atoms with Gasteiger partial charge in [0.1, 0.15) is 18.4 Å². The van der Waals surface area contributed by atoms with Gasteiger partial charge in [-0.3, -0.25) is 19.5 Å². The van der Waals surface area contributed by atoms with Crippen molar-refractivity contribution < 1.29 is 28.7 Å². The summed E-state index contributed by atoms with van der Waals surface area (Å²) in [5.74, 6) is 0.795. The smallest absolute Gasteiger partial charge is 0.338 e. The lowest BCUT2D eigenvalue weighted by molar-refractivity contribution is -0.384. The summed E-state index contributed by atoms with van der Waals surface area (Å²) < 4.78 is 24.5. The van der Waals surface area contributed by atoms with E-state index in [1.807, 2.05) is 6.92 Å². The first kappa shape index (κ1) is 33.4. The zero-order valence-corrected chi connectivity index (χ0v) is 27.7. The SMILES string of the molecule is CCCC1=C(C(=O)OCC)[C@H](c2cc(Cl)ccc2OC)n2c(s/c(=C/c3ccc(OCc4ccc([N+](=O)[O-])cc4)c(OC)c3)c2=O)=N1. The summed E-state index contributed by atoms with van der Waals surface area (Å²) in [7, 11) is 3.03. The minimum atomic E-state index is -0.882. The van der Waals surface area contributed by atoms with Gasteiger partial charge in [-0.2, -0.15) is 0 Å². The number of carbonyl (C=O) groups is 1. The molecule has 0 aliphatic carbocycles. The molecule has 4 aromatic rings. The molecule has 0 bridgehead atoms. The molecule has 2 heterocycles. The number of methoxy groups -OCH3 is 2. The number of non-ortho nitro benzene ring substituents is 1. The van der Waals surface area contributed by atoms with E-state index in [1.54, 1.807) is 61.5 Å². The third-order valence-corrected chi connectivity index (χ3v) is 8.62. The number of hydrogen-bond donors (Lipinski definition) is 0. The zero-order valence-electron chi connectivity index (χ0n) is 26.2. The Morgan fingerprint density at radius 1 is 1.04 bits per heavy atom. The molecule has 0 N–H and O–H groups in total. The van der Waals surface area contributed by atoms with Crippen molar-refractivity contribution in [3.8, 4) is 17.2 Å². The molecule has 11 nitrogen and oxygen atoms in total. The molecule has 5 rings (SSSR count). The summed E-state index contributed by atoms with van der Waals surface area (Å²) in [4.78, 5) is 43.3. The number of halogens is 1. The van der Waals surface area contributed by atoms with Gasteiger partial charge in [-0.05, 0) is 73.0 Å². The predicted octanol–water partition coefficient (Wildman–Crippen LogP) is 5.74. The number of hydrogen-bond acceptors (Lipinski definition) is 10. The molecule has 0 radical (unpaired) electrons. The Labute approximate surface area is 279 Å². The maximum Gasteiger partial charge on any atom is 0.338 e. The number of esters is 1. The van der Waals surface area contributed by atoms with Crippen molar-refractivity contribution >= 4 is 40.7 Å². The number of allylic oxidation sites excluding steroid dienone is 1. The first-order chi connectivity index (χ1) is 22.7. The second-order valence-electron chi connectivity index (χ2n) is 10.4. The van der Waals surface area contributed by atoms with E-state index >= 15 is 0 Å². The maximum atomic E-state index is 14.2. The summed E-state index contributed by atoms with van der Waals surface area (Å²) in [6.45, 7) is 4.04. The lowest BCUT2D eigenvalue weighted by atomic mass is 9.93. The molecule has 0 fully saturated rings. The number of carbonyl (C=O) groups excluding carboxylic acids is 1. The Morgan fingerprint density at radius 2 is 1.77 bits per heavy atom. The Kier molecular flexibility index (Phi) is 10.4. The van der Waals surface area contributed by atoms with Gasteiger partial charge in [-0.15, -0.1) is 0 Å². The largest absolute Gasteiger partial charge is 0.496 e. The predicted molar refractivity (Wildman–Crippen MR) is 178 cm³/mol. The molecule has 47 heavy (non-hydrogen) atoms. The molecule has 244 valence electrons. The number of rotatable bonds is 12. The molecule has 1 aliphatic rings. The van der Waals surface area contributed by atoms with Crippen LogP contribution in [-0.4, -0.2) is 36.3 Å². The van der Waals surface area contributed by atoms with Crippen LogP contribution in [-0.2, 0) is 16.1 Å². The maximum absolute atomic E-state index is 14.2. The highest BCUT2D eigenvalue weighted by Gasteiger charge is 2.36. The molecule has 1 aromatic heterocycles. The van der Waals surface area contributed by atoms with Gasteiger partial charge in [0.25, 0.3) is 11.2 Å². The van der Waals surface area contributed by atoms with Crippen LogP contribution in [0.2, 0.25) is 5.02 Å². The second-order valence-corrected chi connectivity index (χ2v) is 11.9. The zero-order chi connectivity index (χ0) is 33.7. The van der Waals surface area contributed by atoms with E-state index in [1.165, 1.54) is 42.3 Å². The summed E-state index contributed by atoms with van der Waals surface area (Å²) >= 11 is 7.63. The van der Waals surface area contributed by atoms with Gasteiger partial charge < -0.3 is 18.9 Å². The van der Waals surface area contributed by atoms with Crippen LogP contribution in [0.5, 0.6) is 17.2 Å². The molecule has 3 aromatic carbocycles. The molecule has 0 unspecified atom stereocenters. The average molecular weight is 678 g/mol. The van der Waals surface area contributed by atoms with Crippen LogP contribution in [0.25, 0.3) is 6.08 Å². The topological polar surface area (TPSA) is 131 Å². The van der Waals surface area contributed by atoms with Gasteiger partial charge in [0.2, 0.25) is 0 Å². The van der Waals surface area contributed by atoms with Gasteiger partial charge in [0.05, 0.1) is 41.6 Å². The van der Waals surface area contributed by atoms with Gasteiger partial charge in [-0.25, -0.2) is 9.79 Å². The molecule has 0 saturated heterocycles.